The molecule has 23 heavy (non-hydrogen) atoms. The molecule has 0 fully saturated rings. The van der Waals surface area contributed by atoms with Crippen molar-refractivity contribution in [2.24, 2.45) is 0 Å². The van der Waals surface area contributed by atoms with Gasteiger partial charge >= 0.3 is 0 Å². The van der Waals surface area contributed by atoms with Crippen molar-refractivity contribution in [2.45, 2.75) is 32.2 Å². The molecular formula is C14H18ClFN4O2S. The summed E-state index contributed by atoms with van der Waals surface area (Å²) >= 11 is 5.67. The predicted molar refractivity (Wildman–Crippen MR) is 85.9 cm³/mol. The van der Waals surface area contributed by atoms with Crippen molar-refractivity contribution in [2.75, 3.05) is 7.05 Å². The summed E-state index contributed by atoms with van der Waals surface area (Å²) in [6.07, 6.45) is 1.55. The van der Waals surface area contributed by atoms with Gasteiger partial charge < -0.3 is 4.57 Å². The van der Waals surface area contributed by atoms with Crippen LogP contribution in [0.3, 0.4) is 0 Å². The Morgan fingerprint density at radius 1 is 1.39 bits per heavy atom. The molecule has 0 aliphatic heterocycles. The largest absolute Gasteiger partial charge is 0.314 e. The van der Waals surface area contributed by atoms with Crippen molar-refractivity contribution in [3.05, 3.63) is 46.8 Å². The monoisotopic (exact) mass is 360 g/mol. The number of hydrogen-bond donors (Lipinski definition) is 0. The van der Waals surface area contributed by atoms with Gasteiger partial charge in [-0.1, -0.05) is 17.7 Å². The number of hydrogen-bond acceptors (Lipinski definition) is 4. The standard InChI is InChI=1S/C14H18ClFN4O2S/c1-10(2)20-9-17-18-14(20)7-19(3)23(21,22)8-11-4-5-12(15)6-13(11)16/h4-6,9-10H,7-8H2,1-3H3. The van der Waals surface area contributed by atoms with Crippen LogP contribution in [0.1, 0.15) is 31.3 Å². The summed E-state index contributed by atoms with van der Waals surface area (Å²) in [5.74, 6) is -0.551. The van der Waals surface area contributed by atoms with Gasteiger partial charge in [0.15, 0.2) is 0 Å². The molecule has 9 heteroatoms. The Bertz CT molecular complexity index is 792. The highest BCUT2D eigenvalue weighted by Crippen LogP contribution is 2.19. The fraction of sp³-hybridized carbons (Fsp3) is 0.429. The highest BCUT2D eigenvalue weighted by atomic mass is 35.5. The number of rotatable bonds is 6. The van der Waals surface area contributed by atoms with Gasteiger partial charge in [0.1, 0.15) is 18.0 Å². The Morgan fingerprint density at radius 2 is 2.09 bits per heavy atom. The molecule has 1 aromatic heterocycles. The number of benzene rings is 1. The fourth-order valence-electron chi connectivity index (χ4n) is 2.05. The fourth-order valence-corrected chi connectivity index (χ4v) is 3.37. The van der Waals surface area contributed by atoms with Crippen LogP contribution in [-0.2, 0) is 22.3 Å². The van der Waals surface area contributed by atoms with E-state index in [2.05, 4.69) is 10.2 Å². The van der Waals surface area contributed by atoms with Crippen LogP contribution in [0.25, 0.3) is 0 Å². The zero-order valence-electron chi connectivity index (χ0n) is 13.1. The molecule has 0 unspecified atom stereocenters. The Morgan fingerprint density at radius 3 is 2.70 bits per heavy atom. The van der Waals surface area contributed by atoms with E-state index in [-0.39, 0.29) is 23.2 Å². The first kappa shape index (κ1) is 17.8. The first-order valence-corrected chi connectivity index (χ1v) is 8.95. The molecule has 0 bridgehead atoms. The summed E-state index contributed by atoms with van der Waals surface area (Å²) in [6, 6.07) is 4.05. The third kappa shape index (κ3) is 4.27. The Balaban J connectivity index is 2.17. The van der Waals surface area contributed by atoms with Gasteiger partial charge in [-0.15, -0.1) is 10.2 Å². The van der Waals surface area contributed by atoms with E-state index in [1.54, 1.807) is 10.9 Å². The van der Waals surface area contributed by atoms with Gasteiger partial charge in [0.2, 0.25) is 10.0 Å². The zero-order valence-corrected chi connectivity index (χ0v) is 14.6. The molecule has 6 nitrogen and oxygen atoms in total. The summed E-state index contributed by atoms with van der Waals surface area (Å²) in [5, 5.41) is 7.97. The average molecular weight is 361 g/mol. The van der Waals surface area contributed by atoms with Gasteiger partial charge in [-0.3, -0.25) is 0 Å². The maximum Gasteiger partial charge on any atom is 0.218 e. The molecule has 0 atom stereocenters. The molecule has 0 saturated carbocycles. The summed E-state index contributed by atoms with van der Waals surface area (Å²) in [6.45, 7) is 3.96. The van der Waals surface area contributed by atoms with Gasteiger partial charge in [-0.2, -0.15) is 4.31 Å². The van der Waals surface area contributed by atoms with Gasteiger partial charge in [-0.05, 0) is 26.0 Å². The molecule has 0 aliphatic rings. The summed E-state index contributed by atoms with van der Waals surface area (Å²) in [5.41, 5.74) is 0.0755. The smallest absolute Gasteiger partial charge is 0.218 e. The van der Waals surface area contributed by atoms with E-state index < -0.39 is 21.6 Å². The molecule has 1 aromatic carbocycles. The van der Waals surface area contributed by atoms with Gasteiger partial charge in [-0.25, -0.2) is 12.8 Å². The molecule has 0 saturated heterocycles. The van der Waals surface area contributed by atoms with Gasteiger partial charge in [0.25, 0.3) is 0 Å². The van der Waals surface area contributed by atoms with Crippen LogP contribution in [0.2, 0.25) is 5.02 Å². The van der Waals surface area contributed by atoms with E-state index in [1.807, 2.05) is 13.8 Å². The molecule has 0 spiro atoms. The SMILES string of the molecule is CC(C)n1cnnc1CN(C)S(=O)(=O)Cc1ccc(Cl)cc1F. The van der Waals surface area contributed by atoms with Crippen molar-refractivity contribution in [1.29, 1.82) is 0 Å². The van der Waals surface area contributed by atoms with Crippen molar-refractivity contribution >= 4 is 21.6 Å². The zero-order chi connectivity index (χ0) is 17.2. The van der Waals surface area contributed by atoms with Gasteiger partial charge in [0, 0.05) is 23.7 Å². The first-order valence-electron chi connectivity index (χ1n) is 6.97. The normalized spacial score (nSPS) is 12.3. The minimum atomic E-state index is -3.70. The third-order valence-corrected chi connectivity index (χ3v) is 5.39. The maximum atomic E-state index is 13.8. The lowest BCUT2D eigenvalue weighted by Gasteiger charge is -2.18. The molecule has 0 N–H and O–H groups in total. The highest BCUT2D eigenvalue weighted by Gasteiger charge is 2.23. The van der Waals surface area contributed by atoms with Crippen LogP contribution in [-0.4, -0.2) is 34.5 Å². The minimum Gasteiger partial charge on any atom is -0.314 e. The van der Waals surface area contributed by atoms with Crippen LogP contribution >= 0.6 is 11.6 Å². The lowest BCUT2D eigenvalue weighted by atomic mass is 10.2. The average Bonchev–Trinajstić information content (AvgIpc) is 2.90. The lowest BCUT2D eigenvalue weighted by molar-refractivity contribution is 0.435. The molecule has 0 amide bonds. The number of aromatic nitrogens is 3. The Labute approximate surface area is 139 Å². The predicted octanol–water partition coefficient (Wildman–Crippen LogP) is 2.61. The third-order valence-electron chi connectivity index (χ3n) is 3.40. The topological polar surface area (TPSA) is 68.1 Å². The van der Waals surface area contributed by atoms with E-state index >= 15 is 0 Å². The number of nitrogens with zero attached hydrogens (tertiary/aromatic N) is 4. The van der Waals surface area contributed by atoms with Crippen molar-refractivity contribution < 1.29 is 12.8 Å². The Kier molecular flexibility index (Phi) is 5.38. The lowest BCUT2D eigenvalue weighted by Crippen LogP contribution is -2.29. The molecule has 2 aromatic rings. The Hall–Kier alpha value is -1.51. The second-order valence-electron chi connectivity index (χ2n) is 5.50. The number of halogens is 2. The molecular weight excluding hydrogens is 343 g/mol. The van der Waals surface area contributed by atoms with E-state index in [9.17, 15) is 12.8 Å². The highest BCUT2D eigenvalue weighted by molar-refractivity contribution is 7.88. The van der Waals surface area contributed by atoms with Crippen LogP contribution in [0.5, 0.6) is 0 Å². The van der Waals surface area contributed by atoms with Crippen LogP contribution in [0.4, 0.5) is 4.39 Å². The minimum absolute atomic E-state index is 0.0652. The van der Waals surface area contributed by atoms with Crippen molar-refractivity contribution in [3.8, 4) is 0 Å². The first-order chi connectivity index (χ1) is 10.7. The van der Waals surface area contributed by atoms with Crippen LogP contribution < -0.4 is 0 Å². The van der Waals surface area contributed by atoms with Crippen molar-refractivity contribution in [3.63, 3.8) is 0 Å². The summed E-state index contributed by atoms with van der Waals surface area (Å²) in [4.78, 5) is 0. The second kappa shape index (κ2) is 6.94. The van der Waals surface area contributed by atoms with Crippen LogP contribution in [0.15, 0.2) is 24.5 Å². The molecule has 2 rings (SSSR count). The van der Waals surface area contributed by atoms with E-state index in [0.29, 0.717) is 5.82 Å². The van der Waals surface area contributed by atoms with E-state index in [1.165, 1.54) is 19.2 Å². The second-order valence-corrected chi connectivity index (χ2v) is 8.01. The van der Waals surface area contributed by atoms with Gasteiger partial charge in [0.05, 0.1) is 12.3 Å². The maximum absolute atomic E-state index is 13.8. The molecule has 0 aliphatic carbocycles. The summed E-state index contributed by atoms with van der Waals surface area (Å²) < 4.78 is 41.6. The van der Waals surface area contributed by atoms with E-state index in [0.717, 1.165) is 10.4 Å². The molecule has 0 radical (unpaired) electrons. The molecule has 1 heterocycles. The quantitative estimate of drug-likeness (QED) is 0.794. The summed E-state index contributed by atoms with van der Waals surface area (Å²) in [7, 11) is -2.27. The molecule has 126 valence electrons. The van der Waals surface area contributed by atoms with E-state index in [4.69, 9.17) is 11.6 Å². The number of sulfonamides is 1. The van der Waals surface area contributed by atoms with Crippen LogP contribution in [0, 0.1) is 5.82 Å². The van der Waals surface area contributed by atoms with Crippen molar-refractivity contribution in [1.82, 2.24) is 19.1 Å².